The zero-order valence-electron chi connectivity index (χ0n) is 12.2. The summed E-state index contributed by atoms with van der Waals surface area (Å²) in [6, 6.07) is 6.81. The van der Waals surface area contributed by atoms with E-state index in [1.54, 1.807) is 19.2 Å². The first-order chi connectivity index (χ1) is 10.7. The highest BCUT2D eigenvalue weighted by atomic mass is 32.1. The molecule has 0 saturated carbocycles. The maximum absolute atomic E-state index is 12.0. The van der Waals surface area contributed by atoms with Crippen molar-refractivity contribution in [2.75, 3.05) is 35.7 Å². The first-order valence-electron chi connectivity index (χ1n) is 7.05. The molecule has 22 heavy (non-hydrogen) atoms. The summed E-state index contributed by atoms with van der Waals surface area (Å²) in [6.45, 7) is 2.01. The van der Waals surface area contributed by atoms with Crippen molar-refractivity contribution in [1.29, 1.82) is 0 Å². The minimum Gasteiger partial charge on any atom is -0.497 e. The summed E-state index contributed by atoms with van der Waals surface area (Å²) in [5, 5.41) is 14.9. The van der Waals surface area contributed by atoms with Crippen molar-refractivity contribution in [3.8, 4) is 5.75 Å². The monoisotopic (exact) mass is 319 g/mol. The Kier molecular flexibility index (Phi) is 4.38. The highest BCUT2D eigenvalue weighted by Crippen LogP contribution is 2.27. The third-order valence-corrected chi connectivity index (χ3v) is 4.24. The average Bonchev–Trinajstić information content (AvgIpc) is 3.18. The average molecular weight is 319 g/mol. The molecule has 1 aliphatic rings. The van der Waals surface area contributed by atoms with Gasteiger partial charge in [0, 0.05) is 24.8 Å². The van der Waals surface area contributed by atoms with Crippen LogP contribution in [-0.2, 0) is 0 Å². The summed E-state index contributed by atoms with van der Waals surface area (Å²) in [7, 11) is 1.58. The van der Waals surface area contributed by atoms with E-state index in [4.69, 9.17) is 4.74 Å². The molecule has 0 bridgehead atoms. The molecule has 2 N–H and O–H groups in total. The van der Waals surface area contributed by atoms with E-state index in [9.17, 15) is 4.79 Å². The van der Waals surface area contributed by atoms with Crippen LogP contribution in [0.3, 0.4) is 0 Å². The lowest BCUT2D eigenvalue weighted by Gasteiger charge is -2.11. The van der Waals surface area contributed by atoms with Gasteiger partial charge < -0.3 is 15.0 Å². The molecule has 1 aromatic heterocycles. The van der Waals surface area contributed by atoms with Crippen LogP contribution in [0.5, 0.6) is 5.75 Å². The number of amides is 2. The maximum Gasteiger partial charge on any atom is 0.325 e. The first-order valence-corrected chi connectivity index (χ1v) is 7.87. The molecule has 2 heterocycles. The molecule has 2 amide bonds. The third kappa shape index (κ3) is 3.45. The highest BCUT2D eigenvalue weighted by molar-refractivity contribution is 7.19. The minimum atomic E-state index is -0.350. The second-order valence-electron chi connectivity index (χ2n) is 4.90. The molecular formula is C14H17N5O2S. The lowest BCUT2D eigenvalue weighted by atomic mass is 10.3. The summed E-state index contributed by atoms with van der Waals surface area (Å²) in [4.78, 5) is 14.2. The van der Waals surface area contributed by atoms with Crippen molar-refractivity contribution in [3.63, 3.8) is 0 Å². The van der Waals surface area contributed by atoms with Gasteiger partial charge in [0.05, 0.1) is 7.11 Å². The Labute approximate surface area is 132 Å². The third-order valence-electron chi connectivity index (χ3n) is 3.34. The number of nitrogens with zero attached hydrogens (tertiary/aromatic N) is 3. The number of benzene rings is 1. The minimum absolute atomic E-state index is 0.350. The van der Waals surface area contributed by atoms with Gasteiger partial charge in [-0.25, -0.2) is 4.79 Å². The Balaban J connectivity index is 1.59. The SMILES string of the molecule is COc1cccc(NC(=O)Nc2nnc(N3CCCC3)s2)c1. The number of anilines is 3. The van der Waals surface area contributed by atoms with Gasteiger partial charge in [0.2, 0.25) is 10.3 Å². The molecule has 1 aliphatic heterocycles. The highest BCUT2D eigenvalue weighted by Gasteiger charge is 2.17. The van der Waals surface area contributed by atoms with E-state index in [-0.39, 0.29) is 6.03 Å². The van der Waals surface area contributed by atoms with Crippen LogP contribution >= 0.6 is 11.3 Å². The fourth-order valence-electron chi connectivity index (χ4n) is 2.26. The quantitative estimate of drug-likeness (QED) is 0.906. The standard InChI is InChI=1S/C14H17N5O2S/c1-21-11-6-4-5-10(9-11)15-12(20)16-13-17-18-14(22-13)19-7-2-3-8-19/h4-6,9H,2-3,7-8H2,1H3,(H2,15,16,17,20). The number of nitrogens with one attached hydrogen (secondary N) is 2. The van der Waals surface area contributed by atoms with E-state index in [2.05, 4.69) is 25.7 Å². The van der Waals surface area contributed by atoms with Gasteiger partial charge in [-0.1, -0.05) is 17.4 Å². The molecule has 116 valence electrons. The number of urea groups is 1. The molecule has 0 atom stereocenters. The zero-order chi connectivity index (χ0) is 15.4. The fourth-order valence-corrected chi connectivity index (χ4v) is 3.05. The lowest BCUT2D eigenvalue weighted by molar-refractivity contribution is 0.262. The molecule has 3 rings (SSSR count). The summed E-state index contributed by atoms with van der Waals surface area (Å²) in [6.07, 6.45) is 2.36. The molecule has 1 aromatic carbocycles. The van der Waals surface area contributed by atoms with Crippen LogP contribution in [0.4, 0.5) is 20.7 Å². The van der Waals surface area contributed by atoms with Crippen LogP contribution in [0.1, 0.15) is 12.8 Å². The van der Waals surface area contributed by atoms with Gasteiger partial charge in [0.1, 0.15) is 5.75 Å². The van der Waals surface area contributed by atoms with Gasteiger partial charge in [-0.05, 0) is 25.0 Å². The Morgan fingerprint density at radius 2 is 2.09 bits per heavy atom. The molecule has 1 saturated heterocycles. The molecule has 1 fully saturated rings. The second kappa shape index (κ2) is 6.61. The number of carbonyl (C=O) groups excluding carboxylic acids is 1. The number of methoxy groups -OCH3 is 1. The topological polar surface area (TPSA) is 79.4 Å². The largest absolute Gasteiger partial charge is 0.497 e. The molecule has 0 spiro atoms. The van der Waals surface area contributed by atoms with Gasteiger partial charge in [0.25, 0.3) is 0 Å². The van der Waals surface area contributed by atoms with Crippen molar-refractivity contribution in [1.82, 2.24) is 10.2 Å². The van der Waals surface area contributed by atoms with E-state index >= 15 is 0 Å². The van der Waals surface area contributed by atoms with Crippen LogP contribution in [0.25, 0.3) is 0 Å². The van der Waals surface area contributed by atoms with Crippen LogP contribution in [0.2, 0.25) is 0 Å². The van der Waals surface area contributed by atoms with Gasteiger partial charge in [-0.15, -0.1) is 10.2 Å². The molecule has 8 heteroatoms. The predicted octanol–water partition coefficient (Wildman–Crippen LogP) is 2.79. The number of hydrogen-bond acceptors (Lipinski definition) is 6. The summed E-state index contributed by atoms with van der Waals surface area (Å²) in [5.74, 6) is 0.685. The van der Waals surface area contributed by atoms with Crippen molar-refractivity contribution < 1.29 is 9.53 Å². The molecule has 0 unspecified atom stereocenters. The molecule has 0 radical (unpaired) electrons. The Morgan fingerprint density at radius 1 is 1.27 bits per heavy atom. The summed E-state index contributed by atoms with van der Waals surface area (Å²) < 4.78 is 5.12. The van der Waals surface area contributed by atoms with Gasteiger partial charge in [-0.3, -0.25) is 5.32 Å². The second-order valence-corrected chi connectivity index (χ2v) is 5.85. The molecule has 2 aromatic rings. The predicted molar refractivity (Wildman–Crippen MR) is 87.0 cm³/mol. The number of rotatable bonds is 4. The van der Waals surface area contributed by atoms with Crippen molar-refractivity contribution in [3.05, 3.63) is 24.3 Å². The van der Waals surface area contributed by atoms with Crippen molar-refractivity contribution >= 4 is 33.3 Å². The molecule has 0 aliphatic carbocycles. The van der Waals surface area contributed by atoms with Crippen LogP contribution in [0.15, 0.2) is 24.3 Å². The number of carbonyl (C=O) groups is 1. The lowest BCUT2D eigenvalue weighted by Crippen LogP contribution is -2.19. The summed E-state index contributed by atoms with van der Waals surface area (Å²) >= 11 is 1.38. The van der Waals surface area contributed by atoms with Crippen molar-refractivity contribution in [2.24, 2.45) is 0 Å². The summed E-state index contributed by atoms with van der Waals surface area (Å²) in [5.41, 5.74) is 0.654. The van der Waals surface area contributed by atoms with Crippen LogP contribution in [0, 0.1) is 0 Å². The first kappa shape index (κ1) is 14.6. The van der Waals surface area contributed by atoms with Gasteiger partial charge in [-0.2, -0.15) is 0 Å². The van der Waals surface area contributed by atoms with Crippen LogP contribution in [-0.4, -0.2) is 36.4 Å². The van der Waals surface area contributed by atoms with E-state index in [1.807, 2.05) is 12.1 Å². The Bertz CT molecular complexity index is 654. The van der Waals surface area contributed by atoms with E-state index in [0.29, 0.717) is 16.6 Å². The van der Waals surface area contributed by atoms with Gasteiger partial charge in [0.15, 0.2) is 0 Å². The van der Waals surface area contributed by atoms with Crippen molar-refractivity contribution in [2.45, 2.75) is 12.8 Å². The zero-order valence-corrected chi connectivity index (χ0v) is 13.0. The number of hydrogen-bond donors (Lipinski definition) is 2. The normalized spacial score (nSPS) is 14.0. The Hall–Kier alpha value is -2.35. The Morgan fingerprint density at radius 3 is 2.86 bits per heavy atom. The van der Waals surface area contributed by atoms with E-state index in [0.717, 1.165) is 18.2 Å². The maximum atomic E-state index is 12.0. The van der Waals surface area contributed by atoms with E-state index < -0.39 is 0 Å². The van der Waals surface area contributed by atoms with Crippen LogP contribution < -0.4 is 20.3 Å². The number of aromatic nitrogens is 2. The molecule has 7 nitrogen and oxygen atoms in total. The van der Waals surface area contributed by atoms with E-state index in [1.165, 1.54) is 24.2 Å². The number of ether oxygens (including phenoxy) is 1. The molecular weight excluding hydrogens is 302 g/mol. The fraction of sp³-hybridized carbons (Fsp3) is 0.357. The van der Waals surface area contributed by atoms with Gasteiger partial charge >= 0.3 is 6.03 Å². The smallest absolute Gasteiger partial charge is 0.325 e.